The molecule has 0 aromatic heterocycles. The summed E-state index contributed by atoms with van der Waals surface area (Å²) >= 11 is 2.46. The Bertz CT molecular complexity index is 44.8. The van der Waals surface area contributed by atoms with Crippen LogP contribution >= 0.6 is 33.2 Å². The maximum absolute atomic E-state index is 9.54. The number of halogens is 2. The fraction of sp³-hybridized carbons (Fsp3) is 0.500. The van der Waals surface area contributed by atoms with E-state index in [0.29, 0.717) is 0 Å². The molecule has 0 bridgehead atoms. The number of carbonyl (C=O) groups is 1. The van der Waals surface area contributed by atoms with Crippen LogP contribution in [0, 0.1) is 0 Å². The zero-order valence-corrected chi connectivity index (χ0v) is 6.40. The van der Waals surface area contributed by atoms with Crippen LogP contribution in [0.15, 0.2) is 0 Å². The molecular formula is C2H4Br2O2. The molecule has 0 fully saturated rings. The van der Waals surface area contributed by atoms with Gasteiger partial charge in [-0.05, 0) is 0 Å². The van der Waals surface area contributed by atoms with Gasteiger partial charge >= 0.3 is 5.97 Å². The third-order valence-corrected chi connectivity index (χ3v) is 0.565. The number of carbonyl (C=O) groups excluding carboxylic acids is 1. The minimum Gasteiger partial charge on any atom is -0.384 e. The molecule has 6 heavy (non-hydrogen) atoms. The van der Waals surface area contributed by atoms with Crippen molar-refractivity contribution in [2.45, 2.75) is 6.92 Å². The zero-order valence-electron chi connectivity index (χ0n) is 3.10. The summed E-state index contributed by atoms with van der Waals surface area (Å²) in [5.41, 5.74) is 0. The van der Waals surface area contributed by atoms with Crippen LogP contribution in [-0.4, -0.2) is 5.97 Å². The molecule has 0 rings (SSSR count). The normalized spacial score (nSPS) is 5.67. The van der Waals surface area contributed by atoms with E-state index in [-0.39, 0.29) is 23.0 Å². The minimum absolute atomic E-state index is 0. The molecule has 0 aliphatic rings. The Morgan fingerprint density at radius 3 is 2.00 bits per heavy atom. The van der Waals surface area contributed by atoms with Gasteiger partial charge in [0.2, 0.25) is 0 Å². The average Bonchev–Trinajstić information content (AvgIpc) is 1.38. The molecule has 0 aromatic carbocycles. The summed E-state index contributed by atoms with van der Waals surface area (Å²) in [5, 5.41) is 0. The molecular weight excluding hydrogens is 216 g/mol. The number of rotatable bonds is 0. The Hall–Kier alpha value is 0.430. The van der Waals surface area contributed by atoms with Crippen LogP contribution in [0.5, 0.6) is 0 Å². The standard InChI is InChI=1S/C2H3BrO2.BrH/c1-2(4)5-3;/h1H3;1H. The van der Waals surface area contributed by atoms with E-state index in [2.05, 4.69) is 20.1 Å². The Balaban J connectivity index is 0. The van der Waals surface area contributed by atoms with E-state index in [9.17, 15) is 4.79 Å². The smallest absolute Gasteiger partial charge is 0.314 e. The monoisotopic (exact) mass is 218 g/mol. The van der Waals surface area contributed by atoms with E-state index >= 15 is 0 Å². The first kappa shape index (κ1) is 9.66. The minimum atomic E-state index is -0.329. The lowest BCUT2D eigenvalue weighted by molar-refractivity contribution is -0.129. The van der Waals surface area contributed by atoms with Gasteiger partial charge in [0.05, 0.1) is 0 Å². The lowest BCUT2D eigenvalue weighted by Crippen LogP contribution is -1.82. The van der Waals surface area contributed by atoms with Crippen LogP contribution in [-0.2, 0) is 8.62 Å². The second kappa shape index (κ2) is 5.43. The summed E-state index contributed by atoms with van der Waals surface area (Å²) in [6, 6.07) is 0. The molecule has 4 heteroatoms. The van der Waals surface area contributed by atoms with Gasteiger partial charge in [0.1, 0.15) is 0 Å². The van der Waals surface area contributed by atoms with Gasteiger partial charge in [-0.2, -0.15) is 0 Å². The summed E-state index contributed by atoms with van der Waals surface area (Å²) in [7, 11) is 0. The summed E-state index contributed by atoms with van der Waals surface area (Å²) in [4.78, 5) is 9.54. The van der Waals surface area contributed by atoms with Gasteiger partial charge in [-0.3, -0.25) is 4.79 Å². The van der Waals surface area contributed by atoms with Gasteiger partial charge in [0, 0.05) is 6.92 Å². The second-order valence-electron chi connectivity index (χ2n) is 0.569. The van der Waals surface area contributed by atoms with Crippen LogP contribution in [0.1, 0.15) is 6.92 Å². The SMILES string of the molecule is Br.CC(=O)OBr. The highest BCUT2D eigenvalue weighted by Crippen LogP contribution is 1.80. The summed E-state index contributed by atoms with van der Waals surface area (Å²) in [6.45, 7) is 1.31. The van der Waals surface area contributed by atoms with Crippen molar-refractivity contribution in [2.24, 2.45) is 0 Å². The third-order valence-electron chi connectivity index (χ3n) is 0.109. The molecule has 0 radical (unpaired) electrons. The van der Waals surface area contributed by atoms with Gasteiger partial charge in [-0.25, -0.2) is 0 Å². The van der Waals surface area contributed by atoms with Crippen molar-refractivity contribution >= 4 is 39.2 Å². The molecule has 0 unspecified atom stereocenters. The van der Waals surface area contributed by atoms with E-state index in [1.807, 2.05) is 0 Å². The molecule has 0 amide bonds. The van der Waals surface area contributed by atoms with E-state index in [0.717, 1.165) is 0 Å². The summed E-state index contributed by atoms with van der Waals surface area (Å²) in [6.07, 6.45) is 0. The molecule has 0 saturated heterocycles. The van der Waals surface area contributed by atoms with Crippen LogP contribution in [0.4, 0.5) is 0 Å². The summed E-state index contributed by atoms with van der Waals surface area (Å²) < 4.78 is 3.92. The molecule has 0 aromatic rings. The Morgan fingerprint density at radius 2 is 2.00 bits per heavy atom. The summed E-state index contributed by atoms with van der Waals surface area (Å²) in [5.74, 6) is -0.329. The van der Waals surface area contributed by atoms with E-state index in [1.165, 1.54) is 6.92 Å². The van der Waals surface area contributed by atoms with Crippen LogP contribution < -0.4 is 0 Å². The first-order valence-electron chi connectivity index (χ1n) is 1.06. The van der Waals surface area contributed by atoms with Crippen molar-refractivity contribution < 1.29 is 8.62 Å². The molecule has 0 saturated carbocycles. The molecule has 2 nitrogen and oxygen atoms in total. The largest absolute Gasteiger partial charge is 0.384 e. The third kappa shape index (κ3) is 8.83. The van der Waals surface area contributed by atoms with Gasteiger partial charge in [0.15, 0.2) is 16.3 Å². The predicted molar refractivity (Wildman–Crippen MR) is 31.0 cm³/mol. The number of hydrogen-bond acceptors (Lipinski definition) is 2. The van der Waals surface area contributed by atoms with Crippen LogP contribution in [0.2, 0.25) is 0 Å². The predicted octanol–water partition coefficient (Wildman–Crippen LogP) is 1.44. The van der Waals surface area contributed by atoms with Gasteiger partial charge in [-0.15, -0.1) is 17.0 Å². The highest BCUT2D eigenvalue weighted by Gasteiger charge is 1.78. The van der Waals surface area contributed by atoms with Crippen molar-refractivity contribution in [3.05, 3.63) is 0 Å². The quantitative estimate of drug-likeness (QED) is 0.617. The Morgan fingerprint density at radius 1 is 1.83 bits per heavy atom. The topological polar surface area (TPSA) is 26.3 Å². The van der Waals surface area contributed by atoms with Crippen molar-refractivity contribution in [1.82, 2.24) is 0 Å². The fourth-order valence-corrected chi connectivity index (χ4v) is 0. The van der Waals surface area contributed by atoms with E-state index in [1.54, 1.807) is 0 Å². The van der Waals surface area contributed by atoms with E-state index in [4.69, 9.17) is 0 Å². The zero-order chi connectivity index (χ0) is 4.28. The molecule has 0 spiro atoms. The maximum atomic E-state index is 9.54. The van der Waals surface area contributed by atoms with Gasteiger partial charge in [-0.1, -0.05) is 0 Å². The molecule has 0 heterocycles. The number of hydrogen-bond donors (Lipinski definition) is 0. The Kier molecular flexibility index (Phi) is 8.74. The molecule has 0 aliphatic carbocycles. The van der Waals surface area contributed by atoms with Crippen molar-refractivity contribution in [3.8, 4) is 0 Å². The first-order chi connectivity index (χ1) is 2.27. The second-order valence-corrected chi connectivity index (χ2v) is 0.892. The molecule has 0 N–H and O–H groups in total. The van der Waals surface area contributed by atoms with Crippen molar-refractivity contribution in [2.75, 3.05) is 0 Å². The fourth-order valence-electron chi connectivity index (χ4n) is 0. The molecule has 38 valence electrons. The van der Waals surface area contributed by atoms with Crippen LogP contribution in [0.25, 0.3) is 0 Å². The maximum Gasteiger partial charge on any atom is 0.314 e. The Labute approximate surface area is 55.1 Å². The van der Waals surface area contributed by atoms with Crippen LogP contribution in [0.3, 0.4) is 0 Å². The molecule has 0 atom stereocenters. The van der Waals surface area contributed by atoms with Gasteiger partial charge in [0.25, 0.3) is 0 Å². The van der Waals surface area contributed by atoms with Crippen molar-refractivity contribution in [3.63, 3.8) is 0 Å². The van der Waals surface area contributed by atoms with Crippen molar-refractivity contribution in [1.29, 1.82) is 0 Å². The highest BCUT2D eigenvalue weighted by molar-refractivity contribution is 9.06. The lowest BCUT2D eigenvalue weighted by Gasteiger charge is -1.75. The molecule has 0 aliphatic heterocycles. The lowest BCUT2D eigenvalue weighted by atomic mass is 10.9. The van der Waals surface area contributed by atoms with Gasteiger partial charge < -0.3 is 3.83 Å². The average molecular weight is 220 g/mol. The first-order valence-corrected chi connectivity index (χ1v) is 1.71. The highest BCUT2D eigenvalue weighted by atomic mass is 79.9. The van der Waals surface area contributed by atoms with E-state index < -0.39 is 0 Å².